The van der Waals surface area contributed by atoms with E-state index in [4.69, 9.17) is 9.26 Å². The van der Waals surface area contributed by atoms with E-state index in [0.717, 1.165) is 38.0 Å². The SMILES string of the molecule is O=C(CN1CCOCC1)N1CCCC1c1nc(-c2ccccc2)no1. The lowest BCUT2D eigenvalue weighted by molar-refractivity contribution is -0.134. The number of likely N-dealkylation sites (tertiary alicyclic amines) is 1. The Balaban J connectivity index is 1.46. The average Bonchev–Trinajstić information content (AvgIpc) is 3.32. The third-order valence-electron chi connectivity index (χ3n) is 4.79. The highest BCUT2D eigenvalue weighted by atomic mass is 16.5. The van der Waals surface area contributed by atoms with Crippen LogP contribution in [0, 0.1) is 0 Å². The maximum Gasteiger partial charge on any atom is 0.249 e. The maximum atomic E-state index is 12.7. The molecule has 1 unspecified atom stereocenters. The number of morpholine rings is 1. The van der Waals surface area contributed by atoms with Crippen molar-refractivity contribution in [2.45, 2.75) is 18.9 Å². The van der Waals surface area contributed by atoms with E-state index in [1.54, 1.807) is 0 Å². The van der Waals surface area contributed by atoms with Crippen molar-refractivity contribution in [1.29, 1.82) is 0 Å². The Morgan fingerprint density at radius 3 is 2.76 bits per heavy atom. The van der Waals surface area contributed by atoms with Crippen LogP contribution in [-0.4, -0.2) is 65.2 Å². The summed E-state index contributed by atoms with van der Waals surface area (Å²) in [5, 5.41) is 4.09. The van der Waals surface area contributed by atoms with E-state index in [-0.39, 0.29) is 11.9 Å². The summed E-state index contributed by atoms with van der Waals surface area (Å²) < 4.78 is 10.8. The average molecular weight is 342 g/mol. The third kappa shape index (κ3) is 3.57. The standard InChI is InChI=1S/C18H22N4O3/c23-16(13-21-9-11-24-12-10-21)22-8-4-7-15(22)18-19-17(20-25-18)14-5-2-1-3-6-14/h1-3,5-6,15H,4,7-13H2. The summed E-state index contributed by atoms with van der Waals surface area (Å²) in [5.41, 5.74) is 0.918. The Morgan fingerprint density at radius 2 is 1.96 bits per heavy atom. The molecule has 3 heterocycles. The summed E-state index contributed by atoms with van der Waals surface area (Å²) >= 11 is 0. The summed E-state index contributed by atoms with van der Waals surface area (Å²) in [6.07, 6.45) is 1.83. The second-order valence-electron chi connectivity index (χ2n) is 6.46. The molecule has 25 heavy (non-hydrogen) atoms. The van der Waals surface area contributed by atoms with Crippen molar-refractivity contribution in [3.63, 3.8) is 0 Å². The second kappa shape index (κ2) is 7.33. The number of benzene rings is 1. The zero-order valence-electron chi connectivity index (χ0n) is 14.1. The fourth-order valence-corrected chi connectivity index (χ4v) is 3.44. The van der Waals surface area contributed by atoms with E-state index in [1.807, 2.05) is 35.2 Å². The van der Waals surface area contributed by atoms with Gasteiger partial charge in [0, 0.05) is 25.2 Å². The second-order valence-corrected chi connectivity index (χ2v) is 6.46. The maximum absolute atomic E-state index is 12.7. The molecule has 1 aromatic heterocycles. The Labute approximate surface area is 146 Å². The lowest BCUT2D eigenvalue weighted by Gasteiger charge is -2.29. The number of carbonyl (C=O) groups is 1. The molecule has 0 spiro atoms. The quantitative estimate of drug-likeness (QED) is 0.843. The van der Waals surface area contributed by atoms with Gasteiger partial charge in [0.05, 0.1) is 19.8 Å². The summed E-state index contributed by atoms with van der Waals surface area (Å²) in [6.45, 7) is 4.18. The van der Waals surface area contributed by atoms with E-state index < -0.39 is 0 Å². The van der Waals surface area contributed by atoms with Crippen LogP contribution in [0.3, 0.4) is 0 Å². The molecule has 0 aliphatic carbocycles. The summed E-state index contributed by atoms with van der Waals surface area (Å²) in [6, 6.07) is 9.62. The topological polar surface area (TPSA) is 71.7 Å². The minimum Gasteiger partial charge on any atom is -0.379 e. The van der Waals surface area contributed by atoms with Gasteiger partial charge in [-0.1, -0.05) is 35.5 Å². The molecule has 2 aromatic rings. The highest BCUT2D eigenvalue weighted by molar-refractivity contribution is 5.79. The van der Waals surface area contributed by atoms with Crippen molar-refractivity contribution >= 4 is 5.91 Å². The first-order chi connectivity index (χ1) is 12.3. The lowest BCUT2D eigenvalue weighted by atomic mass is 10.2. The molecule has 7 heteroatoms. The Kier molecular flexibility index (Phi) is 4.76. The molecule has 0 bridgehead atoms. The minimum atomic E-state index is -0.112. The van der Waals surface area contributed by atoms with Crippen molar-refractivity contribution in [2.24, 2.45) is 0 Å². The first kappa shape index (κ1) is 16.2. The molecule has 132 valence electrons. The van der Waals surface area contributed by atoms with Gasteiger partial charge in [0.15, 0.2) is 0 Å². The van der Waals surface area contributed by atoms with Gasteiger partial charge < -0.3 is 14.2 Å². The molecule has 1 amide bonds. The van der Waals surface area contributed by atoms with Gasteiger partial charge in [-0.15, -0.1) is 0 Å². The number of hydrogen-bond donors (Lipinski definition) is 0. The lowest BCUT2D eigenvalue weighted by Crippen LogP contribution is -2.44. The number of rotatable bonds is 4. The number of nitrogens with zero attached hydrogens (tertiary/aromatic N) is 4. The zero-order valence-corrected chi connectivity index (χ0v) is 14.1. The molecule has 2 aliphatic heterocycles. The molecular weight excluding hydrogens is 320 g/mol. The van der Waals surface area contributed by atoms with Crippen molar-refractivity contribution in [3.05, 3.63) is 36.2 Å². The zero-order chi connectivity index (χ0) is 17.1. The molecule has 2 aliphatic rings. The van der Waals surface area contributed by atoms with Crippen LogP contribution in [-0.2, 0) is 9.53 Å². The highest BCUT2D eigenvalue weighted by Crippen LogP contribution is 2.32. The summed E-state index contributed by atoms with van der Waals surface area (Å²) in [5.74, 6) is 1.23. The van der Waals surface area contributed by atoms with Crippen LogP contribution in [0.25, 0.3) is 11.4 Å². The molecule has 0 radical (unpaired) electrons. The Hall–Kier alpha value is -2.25. The molecule has 2 saturated heterocycles. The summed E-state index contributed by atoms with van der Waals surface area (Å²) in [7, 11) is 0. The van der Waals surface area contributed by atoms with Crippen molar-refractivity contribution in [2.75, 3.05) is 39.4 Å². The number of hydrogen-bond acceptors (Lipinski definition) is 6. The van der Waals surface area contributed by atoms with Crippen LogP contribution in [0.4, 0.5) is 0 Å². The number of aromatic nitrogens is 2. The molecular formula is C18H22N4O3. The van der Waals surface area contributed by atoms with Gasteiger partial charge in [-0.25, -0.2) is 0 Å². The number of amides is 1. The van der Waals surface area contributed by atoms with Crippen molar-refractivity contribution in [3.8, 4) is 11.4 Å². The first-order valence-corrected chi connectivity index (χ1v) is 8.80. The van der Waals surface area contributed by atoms with Crippen LogP contribution in [0.1, 0.15) is 24.8 Å². The fraction of sp³-hybridized carbons (Fsp3) is 0.500. The van der Waals surface area contributed by atoms with Crippen LogP contribution in [0.5, 0.6) is 0 Å². The van der Waals surface area contributed by atoms with Gasteiger partial charge in [0.2, 0.25) is 17.6 Å². The van der Waals surface area contributed by atoms with E-state index in [0.29, 0.717) is 31.5 Å². The number of ether oxygens (including phenoxy) is 1. The fourth-order valence-electron chi connectivity index (χ4n) is 3.44. The third-order valence-corrected chi connectivity index (χ3v) is 4.79. The predicted octanol–water partition coefficient (Wildman–Crippen LogP) is 1.73. The van der Waals surface area contributed by atoms with Crippen LogP contribution >= 0.6 is 0 Å². The van der Waals surface area contributed by atoms with E-state index in [9.17, 15) is 4.79 Å². The highest BCUT2D eigenvalue weighted by Gasteiger charge is 2.34. The normalized spacial score (nSPS) is 21.6. The molecule has 7 nitrogen and oxygen atoms in total. The summed E-state index contributed by atoms with van der Waals surface area (Å²) in [4.78, 5) is 21.3. The van der Waals surface area contributed by atoms with Gasteiger partial charge in [-0.05, 0) is 12.8 Å². The monoisotopic (exact) mass is 342 g/mol. The Morgan fingerprint density at radius 1 is 1.16 bits per heavy atom. The molecule has 0 N–H and O–H groups in total. The largest absolute Gasteiger partial charge is 0.379 e. The molecule has 2 fully saturated rings. The minimum absolute atomic E-state index is 0.112. The molecule has 1 atom stereocenters. The van der Waals surface area contributed by atoms with E-state index in [2.05, 4.69) is 15.0 Å². The van der Waals surface area contributed by atoms with E-state index in [1.165, 1.54) is 0 Å². The van der Waals surface area contributed by atoms with Crippen LogP contribution < -0.4 is 0 Å². The van der Waals surface area contributed by atoms with Crippen molar-refractivity contribution in [1.82, 2.24) is 19.9 Å². The van der Waals surface area contributed by atoms with Crippen molar-refractivity contribution < 1.29 is 14.1 Å². The number of carbonyl (C=O) groups excluding carboxylic acids is 1. The van der Waals surface area contributed by atoms with Gasteiger partial charge >= 0.3 is 0 Å². The molecule has 1 aromatic carbocycles. The van der Waals surface area contributed by atoms with Gasteiger partial charge in [-0.2, -0.15) is 4.98 Å². The van der Waals surface area contributed by atoms with Crippen LogP contribution in [0.15, 0.2) is 34.9 Å². The van der Waals surface area contributed by atoms with Gasteiger partial charge in [-0.3, -0.25) is 9.69 Å². The smallest absolute Gasteiger partial charge is 0.249 e. The van der Waals surface area contributed by atoms with Crippen LogP contribution in [0.2, 0.25) is 0 Å². The van der Waals surface area contributed by atoms with E-state index >= 15 is 0 Å². The molecule has 0 saturated carbocycles. The Bertz CT molecular complexity index is 712. The van der Waals surface area contributed by atoms with Gasteiger partial charge in [0.1, 0.15) is 6.04 Å². The molecule has 4 rings (SSSR count). The first-order valence-electron chi connectivity index (χ1n) is 8.80. The van der Waals surface area contributed by atoms with Gasteiger partial charge in [0.25, 0.3) is 0 Å². The predicted molar refractivity (Wildman–Crippen MR) is 90.7 cm³/mol.